The van der Waals surface area contributed by atoms with Crippen molar-refractivity contribution in [2.45, 2.75) is 399 Å². The number of carboxylic acid groups (broad SMARTS) is 1. The summed E-state index contributed by atoms with van der Waals surface area (Å²) < 4.78 is 23.0. The molecule has 2 unspecified atom stereocenters. The van der Waals surface area contributed by atoms with E-state index in [1.807, 2.05) is 21.1 Å². The zero-order chi connectivity index (χ0) is 59.1. The van der Waals surface area contributed by atoms with Crippen molar-refractivity contribution < 1.29 is 42.9 Å². The fraction of sp³-hybridized carbons (Fsp3) is 0.958. The normalized spacial score (nSPS) is 12.6. The van der Waals surface area contributed by atoms with Gasteiger partial charge in [-0.05, 0) is 12.8 Å². The number of hydrogen-bond donors (Lipinski definition) is 1. The lowest BCUT2D eigenvalue weighted by molar-refractivity contribution is -0.870. The van der Waals surface area contributed by atoms with Crippen molar-refractivity contribution in [1.29, 1.82) is 0 Å². The first-order valence-electron chi connectivity index (χ1n) is 36.2. The van der Waals surface area contributed by atoms with Gasteiger partial charge in [-0.15, -0.1) is 0 Å². The van der Waals surface area contributed by atoms with E-state index in [2.05, 4.69) is 13.8 Å². The van der Waals surface area contributed by atoms with Crippen LogP contribution >= 0.6 is 0 Å². The van der Waals surface area contributed by atoms with E-state index < -0.39 is 18.4 Å². The minimum atomic E-state index is -1.50. The summed E-state index contributed by atoms with van der Waals surface area (Å²) in [6, 6.07) is 0. The van der Waals surface area contributed by atoms with E-state index in [0.29, 0.717) is 17.4 Å². The number of unbranched alkanes of at least 4 members (excludes halogenated alkanes) is 54. The van der Waals surface area contributed by atoms with Crippen molar-refractivity contribution in [2.24, 2.45) is 0 Å². The van der Waals surface area contributed by atoms with Gasteiger partial charge >= 0.3 is 17.9 Å². The zero-order valence-electron chi connectivity index (χ0n) is 55.2. The molecule has 0 aromatic carbocycles. The fourth-order valence-corrected chi connectivity index (χ4v) is 11.3. The van der Waals surface area contributed by atoms with Gasteiger partial charge < -0.3 is 28.5 Å². The van der Waals surface area contributed by atoms with Crippen LogP contribution in [0.1, 0.15) is 386 Å². The van der Waals surface area contributed by atoms with Gasteiger partial charge in [0.2, 0.25) is 0 Å². The van der Waals surface area contributed by atoms with Crippen molar-refractivity contribution in [3.8, 4) is 0 Å². The molecule has 482 valence electrons. The second kappa shape index (κ2) is 64.3. The Hall–Kier alpha value is -1.71. The van der Waals surface area contributed by atoms with E-state index in [0.717, 1.165) is 38.5 Å². The summed E-state index contributed by atoms with van der Waals surface area (Å²) in [4.78, 5) is 37.6. The molecule has 0 aliphatic heterocycles. The molecule has 9 nitrogen and oxygen atoms in total. The standard InChI is InChI=1S/C72H141NO8/c1-6-8-10-12-14-16-18-20-22-24-26-28-30-31-32-33-34-35-36-37-38-39-40-41-43-45-47-49-51-53-55-57-59-61-63-70(75)81-68(67-80-72(71(76)77)78-65-64-73(3,4)5)66-79-69(74)62-60-58-56-54-52-50-48-46-44-42-29-27-25-23-21-19-17-15-13-11-9-7-2/h68,72H,6-67H2,1-5H3/p+1. The van der Waals surface area contributed by atoms with Gasteiger partial charge in [-0.3, -0.25) is 9.59 Å². The molecule has 2 atom stereocenters. The summed E-state index contributed by atoms with van der Waals surface area (Å²) in [6.07, 6.45) is 73.8. The predicted octanol–water partition coefficient (Wildman–Crippen LogP) is 22.3. The molecule has 0 aromatic rings. The Kier molecular flexibility index (Phi) is 62.9. The molecule has 0 rings (SSSR count). The van der Waals surface area contributed by atoms with Crippen molar-refractivity contribution >= 4 is 17.9 Å². The van der Waals surface area contributed by atoms with E-state index in [9.17, 15) is 19.5 Å². The monoisotopic (exact) mass is 1150 g/mol. The lowest BCUT2D eigenvalue weighted by atomic mass is 10.0. The van der Waals surface area contributed by atoms with Crippen LogP contribution in [0.2, 0.25) is 0 Å². The number of rotatable bonds is 69. The third kappa shape index (κ3) is 65.7. The van der Waals surface area contributed by atoms with E-state index in [-0.39, 0.29) is 38.2 Å². The number of carboxylic acids is 1. The lowest BCUT2D eigenvalue weighted by Crippen LogP contribution is -2.40. The molecule has 0 aromatic heterocycles. The number of carbonyl (C=O) groups is 3. The molecule has 9 heteroatoms. The number of aliphatic carboxylic acids is 1. The topological polar surface area (TPSA) is 108 Å². The fourth-order valence-electron chi connectivity index (χ4n) is 11.3. The van der Waals surface area contributed by atoms with Gasteiger partial charge in [-0.2, -0.15) is 0 Å². The van der Waals surface area contributed by atoms with Crippen LogP contribution in [-0.2, 0) is 33.3 Å². The van der Waals surface area contributed by atoms with Crippen molar-refractivity contribution in [2.75, 3.05) is 47.5 Å². The molecule has 0 fully saturated rings. The molecule has 0 saturated heterocycles. The molecular formula is C72H142NO8+. The first-order valence-corrected chi connectivity index (χ1v) is 36.2. The Bertz CT molecular complexity index is 1290. The Morgan fingerprint density at radius 1 is 0.321 bits per heavy atom. The maximum atomic E-state index is 12.9. The SMILES string of the molecule is CCCCCCCCCCCCCCCCCCCCCCCCCCCCCCCCCCCCC(=O)OC(COC(=O)CCCCCCCCCCCCCCCCCCCCCCCC)COC(OCC[N+](C)(C)C)C(=O)O. The van der Waals surface area contributed by atoms with E-state index in [4.69, 9.17) is 18.9 Å². The first-order chi connectivity index (χ1) is 39.6. The molecule has 0 saturated carbocycles. The quantitative estimate of drug-likeness (QED) is 0.0278. The van der Waals surface area contributed by atoms with Gasteiger partial charge in [0.25, 0.3) is 6.29 Å². The summed E-state index contributed by atoms with van der Waals surface area (Å²) in [5, 5.41) is 9.74. The molecular weight excluding hydrogens is 1010 g/mol. The third-order valence-electron chi connectivity index (χ3n) is 16.9. The first kappa shape index (κ1) is 79.3. The molecule has 0 spiro atoms. The molecule has 0 amide bonds. The summed E-state index contributed by atoms with van der Waals surface area (Å²) in [5.74, 6) is -1.96. The van der Waals surface area contributed by atoms with E-state index in [1.54, 1.807) is 0 Å². The highest BCUT2D eigenvalue weighted by Gasteiger charge is 2.25. The van der Waals surface area contributed by atoms with Gasteiger partial charge in [-0.25, -0.2) is 4.79 Å². The Balaban J connectivity index is 3.99. The van der Waals surface area contributed by atoms with Crippen LogP contribution in [0.3, 0.4) is 0 Å². The predicted molar refractivity (Wildman–Crippen MR) is 346 cm³/mol. The lowest BCUT2D eigenvalue weighted by Gasteiger charge is -2.25. The number of quaternary nitrogens is 1. The highest BCUT2D eigenvalue weighted by atomic mass is 16.7. The number of likely N-dealkylation sites (N-methyl/N-ethyl adjacent to an activating group) is 1. The van der Waals surface area contributed by atoms with Crippen LogP contribution in [0.25, 0.3) is 0 Å². The number of ether oxygens (including phenoxy) is 4. The van der Waals surface area contributed by atoms with Gasteiger partial charge in [0.1, 0.15) is 13.2 Å². The number of esters is 2. The van der Waals surface area contributed by atoms with Gasteiger partial charge in [-0.1, -0.05) is 361 Å². The highest BCUT2D eigenvalue weighted by Crippen LogP contribution is 2.20. The zero-order valence-corrected chi connectivity index (χ0v) is 55.2. The summed E-state index contributed by atoms with van der Waals surface area (Å²) >= 11 is 0. The molecule has 0 bridgehead atoms. The molecule has 0 radical (unpaired) electrons. The maximum Gasteiger partial charge on any atom is 0.361 e. The number of nitrogens with zero attached hydrogens (tertiary/aromatic N) is 1. The van der Waals surface area contributed by atoms with Crippen LogP contribution in [-0.4, -0.2) is 87.4 Å². The van der Waals surface area contributed by atoms with Crippen molar-refractivity contribution in [3.05, 3.63) is 0 Å². The molecule has 81 heavy (non-hydrogen) atoms. The van der Waals surface area contributed by atoms with Crippen LogP contribution < -0.4 is 0 Å². The van der Waals surface area contributed by atoms with Gasteiger partial charge in [0.15, 0.2) is 6.10 Å². The van der Waals surface area contributed by atoms with Gasteiger partial charge in [0.05, 0.1) is 34.4 Å². The maximum absolute atomic E-state index is 12.9. The average molecular weight is 1150 g/mol. The minimum Gasteiger partial charge on any atom is -0.477 e. The Morgan fingerprint density at radius 2 is 0.556 bits per heavy atom. The van der Waals surface area contributed by atoms with Crippen LogP contribution in [0.15, 0.2) is 0 Å². The average Bonchev–Trinajstić information content (AvgIpc) is 3.44. The van der Waals surface area contributed by atoms with Crippen molar-refractivity contribution in [3.63, 3.8) is 0 Å². The largest absolute Gasteiger partial charge is 0.477 e. The Morgan fingerprint density at radius 3 is 0.790 bits per heavy atom. The summed E-state index contributed by atoms with van der Waals surface area (Å²) in [6.45, 7) is 4.97. The van der Waals surface area contributed by atoms with E-state index >= 15 is 0 Å². The second-order valence-corrected chi connectivity index (χ2v) is 26.3. The van der Waals surface area contributed by atoms with Gasteiger partial charge in [0, 0.05) is 12.8 Å². The van der Waals surface area contributed by atoms with E-state index in [1.165, 1.54) is 321 Å². The Labute approximate surface area is 504 Å². The van der Waals surface area contributed by atoms with Crippen LogP contribution in [0.4, 0.5) is 0 Å². The van der Waals surface area contributed by atoms with Crippen LogP contribution in [0, 0.1) is 0 Å². The number of carbonyl (C=O) groups excluding carboxylic acids is 2. The molecule has 0 aliphatic rings. The molecule has 0 heterocycles. The molecule has 0 aliphatic carbocycles. The molecule has 1 N–H and O–H groups in total. The second-order valence-electron chi connectivity index (χ2n) is 26.3. The minimum absolute atomic E-state index is 0.172. The highest BCUT2D eigenvalue weighted by molar-refractivity contribution is 5.71. The summed E-state index contributed by atoms with van der Waals surface area (Å²) in [5.41, 5.74) is 0. The smallest absolute Gasteiger partial charge is 0.361 e. The number of hydrogen-bond acceptors (Lipinski definition) is 7. The third-order valence-corrected chi connectivity index (χ3v) is 16.9. The summed E-state index contributed by atoms with van der Waals surface area (Å²) in [7, 11) is 6.00. The van der Waals surface area contributed by atoms with Crippen LogP contribution in [0.5, 0.6) is 0 Å². The van der Waals surface area contributed by atoms with Crippen molar-refractivity contribution in [1.82, 2.24) is 0 Å².